The van der Waals surface area contributed by atoms with Crippen LogP contribution in [0.3, 0.4) is 0 Å². The summed E-state index contributed by atoms with van der Waals surface area (Å²) in [5, 5.41) is 4.71. The Morgan fingerprint density at radius 2 is 2.33 bits per heavy atom. The molecule has 2 nitrogen and oxygen atoms in total. The maximum absolute atomic E-state index is 4.72. The molecule has 0 saturated heterocycles. The van der Waals surface area contributed by atoms with Crippen molar-refractivity contribution in [2.24, 2.45) is 4.99 Å². The van der Waals surface area contributed by atoms with Crippen LogP contribution < -0.4 is 5.32 Å². The number of unbranched alkanes of at least 4 members (excludes halogenated alkanes) is 1. The molecule has 0 aromatic heterocycles. The van der Waals surface area contributed by atoms with Gasteiger partial charge < -0.3 is 5.32 Å². The van der Waals surface area contributed by atoms with Gasteiger partial charge in [-0.3, -0.25) is 4.99 Å². The average molecular weight is 228 g/mol. The van der Waals surface area contributed by atoms with Crippen LogP contribution in [0.4, 0.5) is 0 Å². The number of amidine groups is 1. The van der Waals surface area contributed by atoms with Gasteiger partial charge in [0.05, 0.1) is 6.04 Å². The van der Waals surface area contributed by atoms with Gasteiger partial charge in [-0.2, -0.15) is 0 Å². The van der Waals surface area contributed by atoms with Crippen LogP contribution in [0.2, 0.25) is 0 Å². The SMILES string of the molecule is CCCCC(C)NC1=NC(CC)CCS1. The fourth-order valence-corrected chi connectivity index (χ4v) is 2.82. The zero-order valence-corrected chi connectivity index (χ0v) is 11.1. The fraction of sp³-hybridized carbons (Fsp3) is 0.917. The molecule has 0 radical (unpaired) electrons. The van der Waals surface area contributed by atoms with E-state index in [9.17, 15) is 0 Å². The third-order valence-electron chi connectivity index (χ3n) is 2.82. The quantitative estimate of drug-likeness (QED) is 0.779. The van der Waals surface area contributed by atoms with Crippen LogP contribution in [0.15, 0.2) is 4.99 Å². The molecule has 0 aromatic rings. The third kappa shape index (κ3) is 4.92. The first kappa shape index (κ1) is 12.9. The largest absolute Gasteiger partial charge is 0.362 e. The molecule has 1 rings (SSSR count). The van der Waals surface area contributed by atoms with Crippen molar-refractivity contribution in [3.05, 3.63) is 0 Å². The minimum Gasteiger partial charge on any atom is -0.362 e. The van der Waals surface area contributed by atoms with E-state index in [0.29, 0.717) is 12.1 Å². The highest BCUT2D eigenvalue weighted by Crippen LogP contribution is 2.18. The maximum atomic E-state index is 4.72. The van der Waals surface area contributed by atoms with Crippen LogP contribution in [0.1, 0.15) is 52.9 Å². The van der Waals surface area contributed by atoms with Crippen LogP contribution in [-0.2, 0) is 0 Å². The normalized spacial score (nSPS) is 23.4. The predicted octanol–water partition coefficient (Wildman–Crippen LogP) is 3.43. The zero-order chi connectivity index (χ0) is 11.1. The summed E-state index contributed by atoms with van der Waals surface area (Å²) in [4.78, 5) is 4.72. The van der Waals surface area contributed by atoms with E-state index < -0.39 is 0 Å². The third-order valence-corrected chi connectivity index (χ3v) is 3.76. The van der Waals surface area contributed by atoms with Crippen molar-refractivity contribution in [3.63, 3.8) is 0 Å². The Balaban J connectivity index is 2.33. The van der Waals surface area contributed by atoms with Gasteiger partial charge in [-0.15, -0.1) is 0 Å². The molecule has 2 unspecified atom stereocenters. The molecule has 88 valence electrons. The summed E-state index contributed by atoms with van der Waals surface area (Å²) in [5.74, 6) is 1.23. The van der Waals surface area contributed by atoms with Gasteiger partial charge in [0.15, 0.2) is 5.17 Å². The number of nitrogens with zero attached hydrogens (tertiary/aromatic N) is 1. The molecule has 0 aromatic carbocycles. The molecule has 0 saturated carbocycles. The summed E-state index contributed by atoms with van der Waals surface area (Å²) in [6.07, 6.45) is 6.27. The van der Waals surface area contributed by atoms with Gasteiger partial charge in [-0.1, -0.05) is 38.5 Å². The molecule has 0 amide bonds. The van der Waals surface area contributed by atoms with Gasteiger partial charge >= 0.3 is 0 Å². The van der Waals surface area contributed by atoms with Gasteiger partial charge in [0, 0.05) is 11.8 Å². The molecule has 2 atom stereocenters. The Hall–Kier alpha value is -0.180. The minimum absolute atomic E-state index is 0.562. The number of nitrogens with one attached hydrogen (secondary N) is 1. The molecule has 0 spiro atoms. The summed E-state index contributed by atoms with van der Waals surface area (Å²) in [5.41, 5.74) is 0. The van der Waals surface area contributed by atoms with Crippen LogP contribution >= 0.6 is 11.8 Å². The number of rotatable bonds is 5. The first-order valence-electron chi connectivity index (χ1n) is 6.23. The van der Waals surface area contributed by atoms with E-state index in [0.717, 1.165) is 0 Å². The molecule has 1 N–H and O–H groups in total. The lowest BCUT2D eigenvalue weighted by atomic mass is 10.1. The average Bonchev–Trinajstić information content (AvgIpc) is 2.26. The highest BCUT2D eigenvalue weighted by atomic mass is 32.2. The van der Waals surface area contributed by atoms with Crippen molar-refractivity contribution in [1.29, 1.82) is 0 Å². The number of thioether (sulfide) groups is 1. The smallest absolute Gasteiger partial charge is 0.157 e. The van der Waals surface area contributed by atoms with Gasteiger partial charge in [-0.05, 0) is 26.2 Å². The van der Waals surface area contributed by atoms with Crippen molar-refractivity contribution in [3.8, 4) is 0 Å². The van der Waals surface area contributed by atoms with Crippen molar-refractivity contribution < 1.29 is 0 Å². The Labute approximate surface area is 98.3 Å². The topological polar surface area (TPSA) is 24.4 Å². The number of hydrogen-bond donors (Lipinski definition) is 1. The molecule has 15 heavy (non-hydrogen) atoms. The van der Waals surface area contributed by atoms with Crippen molar-refractivity contribution in [2.45, 2.75) is 65.0 Å². The molecule has 0 fully saturated rings. The van der Waals surface area contributed by atoms with E-state index in [1.807, 2.05) is 11.8 Å². The Bertz CT molecular complexity index is 204. The van der Waals surface area contributed by atoms with Crippen LogP contribution in [0.5, 0.6) is 0 Å². The predicted molar refractivity (Wildman–Crippen MR) is 70.7 cm³/mol. The summed E-state index contributed by atoms with van der Waals surface area (Å²) in [7, 11) is 0. The van der Waals surface area contributed by atoms with E-state index in [1.54, 1.807) is 0 Å². The van der Waals surface area contributed by atoms with Gasteiger partial charge in [0.1, 0.15) is 0 Å². The molecular formula is C12H24N2S. The Kier molecular flexibility index (Phi) is 6.15. The zero-order valence-electron chi connectivity index (χ0n) is 10.3. The molecule has 1 heterocycles. The second-order valence-corrected chi connectivity index (χ2v) is 5.40. The van der Waals surface area contributed by atoms with Crippen LogP contribution in [-0.4, -0.2) is 23.0 Å². The van der Waals surface area contributed by atoms with Crippen LogP contribution in [0, 0.1) is 0 Å². The molecule has 1 aliphatic rings. The molecule has 3 heteroatoms. The lowest BCUT2D eigenvalue weighted by molar-refractivity contribution is 0.565. The van der Waals surface area contributed by atoms with Crippen molar-refractivity contribution in [1.82, 2.24) is 5.32 Å². The summed E-state index contributed by atoms with van der Waals surface area (Å²) in [6, 6.07) is 1.14. The van der Waals surface area contributed by atoms with Gasteiger partial charge in [0.2, 0.25) is 0 Å². The van der Waals surface area contributed by atoms with E-state index in [1.165, 1.54) is 43.0 Å². The Morgan fingerprint density at radius 1 is 1.53 bits per heavy atom. The van der Waals surface area contributed by atoms with Gasteiger partial charge in [0.25, 0.3) is 0 Å². The van der Waals surface area contributed by atoms with E-state index in [4.69, 9.17) is 4.99 Å². The van der Waals surface area contributed by atoms with Crippen molar-refractivity contribution >= 4 is 16.9 Å². The van der Waals surface area contributed by atoms with E-state index in [-0.39, 0.29) is 0 Å². The first-order valence-corrected chi connectivity index (χ1v) is 7.22. The Morgan fingerprint density at radius 3 is 3.00 bits per heavy atom. The monoisotopic (exact) mass is 228 g/mol. The first-order chi connectivity index (χ1) is 7.26. The molecule has 0 bridgehead atoms. The second kappa shape index (κ2) is 7.15. The van der Waals surface area contributed by atoms with Crippen molar-refractivity contribution in [2.75, 3.05) is 5.75 Å². The lowest BCUT2D eigenvalue weighted by Crippen LogP contribution is -2.33. The van der Waals surface area contributed by atoms with E-state index >= 15 is 0 Å². The molecule has 0 aliphatic carbocycles. The van der Waals surface area contributed by atoms with E-state index in [2.05, 4.69) is 26.1 Å². The summed E-state index contributed by atoms with van der Waals surface area (Å²) >= 11 is 1.88. The molecule has 1 aliphatic heterocycles. The number of hydrogen-bond acceptors (Lipinski definition) is 3. The van der Waals surface area contributed by atoms with Gasteiger partial charge in [-0.25, -0.2) is 0 Å². The highest BCUT2D eigenvalue weighted by Gasteiger charge is 2.14. The highest BCUT2D eigenvalue weighted by molar-refractivity contribution is 8.13. The summed E-state index contributed by atoms with van der Waals surface area (Å²) < 4.78 is 0. The maximum Gasteiger partial charge on any atom is 0.157 e. The lowest BCUT2D eigenvalue weighted by Gasteiger charge is -2.22. The standard InChI is InChI=1S/C12H24N2S/c1-4-6-7-10(3)13-12-14-11(5-2)8-9-15-12/h10-11H,4-9H2,1-3H3,(H,13,14). The molecular weight excluding hydrogens is 204 g/mol. The number of aliphatic imine (C=N–C) groups is 1. The van der Waals surface area contributed by atoms with Crippen LogP contribution in [0.25, 0.3) is 0 Å². The summed E-state index contributed by atoms with van der Waals surface area (Å²) in [6.45, 7) is 6.73. The second-order valence-electron chi connectivity index (χ2n) is 4.32. The minimum atomic E-state index is 0.562. The fourth-order valence-electron chi connectivity index (χ4n) is 1.73.